The molecule has 1 heterocycles. The number of amides is 1. The number of alkyl halides is 1. The van der Waals surface area contributed by atoms with Gasteiger partial charge in [-0.3, -0.25) is 4.79 Å². The molecule has 0 saturated heterocycles. The van der Waals surface area contributed by atoms with Crippen molar-refractivity contribution in [3.63, 3.8) is 0 Å². The van der Waals surface area contributed by atoms with Gasteiger partial charge in [-0.2, -0.15) is 0 Å². The Kier molecular flexibility index (Phi) is 5.45. The first-order valence-electron chi connectivity index (χ1n) is 5.02. The average molecular weight is 313 g/mol. The topological polar surface area (TPSA) is 101 Å². The summed E-state index contributed by atoms with van der Waals surface area (Å²) < 4.78 is 25.8. The molecule has 0 aromatic carbocycles. The van der Waals surface area contributed by atoms with E-state index in [0.717, 1.165) is 11.3 Å². The van der Waals surface area contributed by atoms with Gasteiger partial charge in [0.1, 0.15) is 0 Å². The number of nitrogens with one attached hydrogen (secondary N) is 2. The van der Waals surface area contributed by atoms with Crippen LogP contribution >= 0.6 is 22.9 Å². The highest BCUT2D eigenvalue weighted by Gasteiger charge is 2.20. The van der Waals surface area contributed by atoms with E-state index in [9.17, 15) is 13.2 Å². The zero-order valence-electron chi connectivity index (χ0n) is 9.81. The highest BCUT2D eigenvalue weighted by atomic mass is 35.5. The van der Waals surface area contributed by atoms with Crippen LogP contribution in [0.25, 0.3) is 0 Å². The van der Waals surface area contributed by atoms with Crippen LogP contribution in [0.15, 0.2) is 4.34 Å². The minimum absolute atomic E-state index is 0.0178. The van der Waals surface area contributed by atoms with Gasteiger partial charge >= 0.3 is 0 Å². The lowest BCUT2D eigenvalue weighted by molar-refractivity contribution is -0.114. The molecule has 0 radical (unpaired) electrons. The van der Waals surface area contributed by atoms with Crippen molar-refractivity contribution in [1.29, 1.82) is 0 Å². The van der Waals surface area contributed by atoms with E-state index in [1.165, 1.54) is 6.92 Å². The van der Waals surface area contributed by atoms with Gasteiger partial charge in [0, 0.05) is 19.3 Å². The molecule has 0 aliphatic heterocycles. The monoisotopic (exact) mass is 312 g/mol. The van der Waals surface area contributed by atoms with Crippen molar-refractivity contribution in [2.24, 2.45) is 5.92 Å². The fourth-order valence-electron chi connectivity index (χ4n) is 0.888. The van der Waals surface area contributed by atoms with Crippen LogP contribution in [-0.2, 0) is 14.8 Å². The lowest BCUT2D eigenvalue weighted by Gasteiger charge is -2.07. The first-order valence-corrected chi connectivity index (χ1v) is 7.85. The predicted octanol–water partition coefficient (Wildman–Crippen LogP) is 0.650. The van der Waals surface area contributed by atoms with Gasteiger partial charge in [-0.05, 0) is 5.92 Å². The highest BCUT2D eigenvalue weighted by molar-refractivity contribution is 7.91. The molecule has 10 heteroatoms. The van der Waals surface area contributed by atoms with Gasteiger partial charge in [-0.15, -0.1) is 21.8 Å². The molecule has 2 N–H and O–H groups in total. The summed E-state index contributed by atoms with van der Waals surface area (Å²) in [6.07, 6.45) is 0. The van der Waals surface area contributed by atoms with Gasteiger partial charge in [0.15, 0.2) is 0 Å². The summed E-state index contributed by atoms with van der Waals surface area (Å²) in [4.78, 5) is 10.8. The SMILES string of the molecule is CC(=O)Nc1nnc(S(=O)(=O)NCC(C)CCl)s1. The maximum absolute atomic E-state index is 11.8. The number of hydrogen-bond acceptors (Lipinski definition) is 6. The van der Waals surface area contributed by atoms with Gasteiger partial charge in [0.25, 0.3) is 10.0 Å². The highest BCUT2D eigenvalue weighted by Crippen LogP contribution is 2.19. The number of carbonyl (C=O) groups excluding carboxylic acids is 1. The molecule has 0 spiro atoms. The number of halogens is 1. The molecular weight excluding hydrogens is 300 g/mol. The summed E-state index contributed by atoms with van der Waals surface area (Å²) in [5.74, 6) is 0.0403. The molecule has 102 valence electrons. The standard InChI is InChI=1S/C8H13ClN4O3S2/c1-5(3-9)4-10-18(15,16)8-13-12-7(17-8)11-6(2)14/h5,10H,3-4H2,1-2H3,(H,11,12,14). The van der Waals surface area contributed by atoms with E-state index in [1.807, 2.05) is 6.92 Å². The quantitative estimate of drug-likeness (QED) is 0.593. The molecule has 0 bridgehead atoms. The molecule has 0 fully saturated rings. The van der Waals surface area contributed by atoms with Crippen molar-refractivity contribution in [3.05, 3.63) is 0 Å². The largest absolute Gasteiger partial charge is 0.301 e. The van der Waals surface area contributed by atoms with E-state index in [2.05, 4.69) is 20.2 Å². The minimum Gasteiger partial charge on any atom is -0.301 e. The Morgan fingerprint density at radius 1 is 1.50 bits per heavy atom. The number of carbonyl (C=O) groups is 1. The summed E-state index contributed by atoms with van der Waals surface area (Å²) in [7, 11) is -3.70. The Labute approximate surface area is 114 Å². The van der Waals surface area contributed by atoms with E-state index >= 15 is 0 Å². The molecule has 7 nitrogen and oxygen atoms in total. The summed E-state index contributed by atoms with van der Waals surface area (Å²) in [6, 6.07) is 0. The van der Waals surface area contributed by atoms with Gasteiger partial charge < -0.3 is 5.32 Å². The number of anilines is 1. The second kappa shape index (κ2) is 6.41. The van der Waals surface area contributed by atoms with Gasteiger partial charge in [0.2, 0.25) is 15.4 Å². The van der Waals surface area contributed by atoms with Crippen molar-refractivity contribution in [3.8, 4) is 0 Å². The van der Waals surface area contributed by atoms with E-state index in [-0.39, 0.29) is 27.8 Å². The number of aromatic nitrogens is 2. The van der Waals surface area contributed by atoms with E-state index < -0.39 is 10.0 Å². The van der Waals surface area contributed by atoms with Crippen molar-refractivity contribution >= 4 is 44.0 Å². The van der Waals surface area contributed by atoms with Gasteiger partial charge in [0.05, 0.1) is 0 Å². The molecular formula is C8H13ClN4O3S2. The third kappa shape index (κ3) is 4.48. The summed E-state index contributed by atoms with van der Waals surface area (Å²) in [5, 5.41) is 9.59. The van der Waals surface area contributed by atoms with Crippen molar-refractivity contribution in [2.45, 2.75) is 18.2 Å². The zero-order valence-corrected chi connectivity index (χ0v) is 12.2. The Bertz CT molecular complexity index is 516. The Morgan fingerprint density at radius 3 is 2.72 bits per heavy atom. The molecule has 1 rings (SSSR count). The van der Waals surface area contributed by atoms with Crippen LogP contribution in [-0.4, -0.2) is 36.9 Å². The Balaban J connectivity index is 2.73. The molecule has 1 amide bonds. The second-order valence-corrected chi connectivity index (χ2v) is 6.89. The lowest BCUT2D eigenvalue weighted by Crippen LogP contribution is -2.28. The molecule has 1 atom stereocenters. The fourth-order valence-corrected chi connectivity index (χ4v) is 3.15. The van der Waals surface area contributed by atoms with Crippen LogP contribution in [0.5, 0.6) is 0 Å². The summed E-state index contributed by atoms with van der Waals surface area (Å²) >= 11 is 6.37. The lowest BCUT2D eigenvalue weighted by atomic mass is 10.2. The second-order valence-electron chi connectivity index (χ2n) is 3.67. The predicted molar refractivity (Wildman–Crippen MR) is 69.3 cm³/mol. The number of rotatable bonds is 6. The van der Waals surface area contributed by atoms with E-state index in [0.29, 0.717) is 5.88 Å². The fraction of sp³-hybridized carbons (Fsp3) is 0.625. The average Bonchev–Trinajstić information content (AvgIpc) is 2.74. The third-order valence-electron chi connectivity index (χ3n) is 1.80. The summed E-state index contributed by atoms with van der Waals surface area (Å²) in [6.45, 7) is 3.34. The van der Waals surface area contributed by atoms with Crippen LogP contribution < -0.4 is 10.0 Å². The molecule has 0 aliphatic rings. The van der Waals surface area contributed by atoms with Crippen LogP contribution in [0.1, 0.15) is 13.8 Å². The number of sulfonamides is 1. The normalized spacial score (nSPS) is 13.3. The minimum atomic E-state index is -3.70. The maximum atomic E-state index is 11.8. The molecule has 18 heavy (non-hydrogen) atoms. The van der Waals surface area contributed by atoms with Crippen molar-refractivity contribution in [1.82, 2.24) is 14.9 Å². The smallest absolute Gasteiger partial charge is 0.269 e. The summed E-state index contributed by atoms with van der Waals surface area (Å²) in [5.41, 5.74) is 0. The van der Waals surface area contributed by atoms with Crippen LogP contribution in [0.2, 0.25) is 0 Å². The first kappa shape index (κ1) is 15.3. The maximum Gasteiger partial charge on any atom is 0.269 e. The number of nitrogens with zero attached hydrogens (tertiary/aromatic N) is 2. The van der Waals surface area contributed by atoms with Crippen LogP contribution in [0.4, 0.5) is 5.13 Å². The molecule has 1 aromatic heterocycles. The Hall–Kier alpha value is -0.770. The molecule has 1 aromatic rings. The van der Waals surface area contributed by atoms with Crippen molar-refractivity contribution in [2.75, 3.05) is 17.7 Å². The zero-order chi connectivity index (χ0) is 13.8. The first-order chi connectivity index (χ1) is 8.35. The molecule has 0 saturated carbocycles. The van der Waals surface area contributed by atoms with Gasteiger partial charge in [-0.25, -0.2) is 13.1 Å². The van der Waals surface area contributed by atoms with E-state index in [1.54, 1.807) is 0 Å². The van der Waals surface area contributed by atoms with Crippen LogP contribution in [0, 0.1) is 5.92 Å². The molecule has 0 aliphatic carbocycles. The number of hydrogen-bond donors (Lipinski definition) is 2. The van der Waals surface area contributed by atoms with Gasteiger partial charge in [-0.1, -0.05) is 18.3 Å². The Morgan fingerprint density at radius 2 is 2.17 bits per heavy atom. The van der Waals surface area contributed by atoms with Crippen LogP contribution in [0.3, 0.4) is 0 Å². The molecule has 1 unspecified atom stereocenters. The third-order valence-corrected chi connectivity index (χ3v) is 4.96. The van der Waals surface area contributed by atoms with E-state index in [4.69, 9.17) is 11.6 Å². The van der Waals surface area contributed by atoms with Crippen molar-refractivity contribution < 1.29 is 13.2 Å².